The molecule has 0 saturated heterocycles. The third-order valence-electron chi connectivity index (χ3n) is 5.54. The fourth-order valence-electron chi connectivity index (χ4n) is 4.01. The summed E-state index contributed by atoms with van der Waals surface area (Å²) >= 11 is 0. The Bertz CT molecular complexity index is 1320. The number of carbonyl (C=O) groups is 2. The monoisotopic (exact) mass is 412 g/mol. The second-order valence-corrected chi connectivity index (χ2v) is 7.65. The first-order valence-corrected chi connectivity index (χ1v) is 10.1. The van der Waals surface area contributed by atoms with Crippen LogP contribution in [-0.2, 0) is 6.54 Å². The molecule has 6 heteroatoms. The van der Waals surface area contributed by atoms with Crippen LogP contribution in [0.1, 0.15) is 33.2 Å². The predicted molar refractivity (Wildman–Crippen MR) is 117 cm³/mol. The molecule has 0 amide bonds. The fraction of sp³-hybridized carbons (Fsp3) is 0.160. The van der Waals surface area contributed by atoms with E-state index in [1.807, 2.05) is 42.5 Å². The summed E-state index contributed by atoms with van der Waals surface area (Å²) in [7, 11) is 0. The summed E-state index contributed by atoms with van der Waals surface area (Å²) in [5.41, 5.74) is 4.26. The lowest BCUT2D eigenvalue weighted by Gasteiger charge is -2.14. The van der Waals surface area contributed by atoms with E-state index in [0.29, 0.717) is 22.4 Å². The lowest BCUT2D eigenvalue weighted by molar-refractivity contribution is 0.0904. The van der Waals surface area contributed by atoms with Crippen molar-refractivity contribution in [2.75, 3.05) is 6.61 Å². The van der Waals surface area contributed by atoms with E-state index in [4.69, 9.17) is 9.84 Å². The van der Waals surface area contributed by atoms with Crippen LogP contribution in [-0.4, -0.2) is 39.2 Å². The first-order chi connectivity index (χ1) is 15.0. The van der Waals surface area contributed by atoms with Crippen LogP contribution in [0.15, 0.2) is 66.7 Å². The van der Waals surface area contributed by atoms with Crippen LogP contribution in [0.3, 0.4) is 0 Å². The topological polar surface area (TPSA) is 81.4 Å². The molecule has 154 valence electrons. The van der Waals surface area contributed by atoms with Gasteiger partial charge >= 0.3 is 0 Å². The maximum Gasteiger partial charge on any atom is 0.194 e. The van der Waals surface area contributed by atoms with E-state index >= 15 is 0 Å². The average molecular weight is 412 g/mol. The highest BCUT2D eigenvalue weighted by Crippen LogP contribution is 2.38. The number of aliphatic hydroxyl groups excluding tert-OH is 1. The highest BCUT2D eigenvalue weighted by Gasteiger charge is 2.28. The Morgan fingerprint density at radius 3 is 2.45 bits per heavy atom. The maximum absolute atomic E-state index is 12.9. The summed E-state index contributed by atoms with van der Waals surface area (Å²) in [6.45, 7) is 1.81. The molecule has 0 fully saturated rings. The molecule has 1 aliphatic rings. The summed E-state index contributed by atoms with van der Waals surface area (Å²) in [5.74, 6) is 0.561. The molecule has 0 aliphatic heterocycles. The lowest BCUT2D eigenvalue weighted by atomic mass is 9.87. The summed E-state index contributed by atoms with van der Waals surface area (Å²) in [5, 5.41) is 16.1. The van der Waals surface area contributed by atoms with Crippen molar-refractivity contribution in [2.24, 2.45) is 0 Å². The van der Waals surface area contributed by atoms with Gasteiger partial charge in [-0.1, -0.05) is 36.4 Å². The number of rotatable bonds is 6. The van der Waals surface area contributed by atoms with Crippen molar-refractivity contribution >= 4 is 22.5 Å². The largest absolute Gasteiger partial charge is 0.491 e. The van der Waals surface area contributed by atoms with Gasteiger partial charge in [0.1, 0.15) is 24.2 Å². The third kappa shape index (κ3) is 3.31. The minimum atomic E-state index is -0.807. The number of carbonyl (C=O) groups excluding carboxylic acids is 2. The van der Waals surface area contributed by atoms with Crippen LogP contribution in [0.25, 0.3) is 22.2 Å². The minimum absolute atomic E-state index is 0.00820. The average Bonchev–Trinajstić information content (AvgIpc) is 3.15. The van der Waals surface area contributed by atoms with Gasteiger partial charge in [0, 0.05) is 27.6 Å². The van der Waals surface area contributed by atoms with Crippen molar-refractivity contribution in [3.05, 3.63) is 83.4 Å². The molecule has 1 aliphatic carbocycles. The first kappa shape index (κ1) is 19.2. The van der Waals surface area contributed by atoms with Crippen molar-refractivity contribution in [2.45, 2.75) is 19.6 Å². The Hall–Kier alpha value is -3.77. The number of aliphatic hydroxyl groups is 1. The zero-order chi connectivity index (χ0) is 21.5. The standard InChI is InChI=1S/C25H20N2O4/c1-15(28)16-9-11-18(12-10-16)31-14-17(29)13-27-22-8-4-7-21-23(22)24(26-27)19-5-2-3-6-20(19)25(21)30/h2-12,17,29H,13-14H2,1H3. The quantitative estimate of drug-likeness (QED) is 0.428. The number of aromatic nitrogens is 2. The Labute approximate surface area is 178 Å². The maximum atomic E-state index is 12.9. The van der Waals surface area contributed by atoms with Gasteiger partial charge in [-0.2, -0.15) is 5.10 Å². The Morgan fingerprint density at radius 2 is 1.71 bits per heavy atom. The van der Waals surface area contributed by atoms with Gasteiger partial charge in [0.15, 0.2) is 11.6 Å². The molecule has 0 bridgehead atoms. The van der Waals surface area contributed by atoms with E-state index in [1.54, 1.807) is 28.9 Å². The zero-order valence-corrected chi connectivity index (χ0v) is 16.9. The number of Topliss-reactive ketones (excluding diaryl/α,β-unsaturated/α-hetero) is 1. The van der Waals surface area contributed by atoms with Crippen LogP contribution >= 0.6 is 0 Å². The summed E-state index contributed by atoms with van der Waals surface area (Å²) in [6, 6.07) is 19.8. The molecule has 1 unspecified atom stereocenters. The molecule has 1 heterocycles. The molecule has 31 heavy (non-hydrogen) atoms. The molecule has 0 spiro atoms. The van der Waals surface area contributed by atoms with Crippen LogP contribution in [0.5, 0.6) is 5.75 Å². The molecule has 6 nitrogen and oxygen atoms in total. The Morgan fingerprint density at radius 1 is 1.00 bits per heavy atom. The SMILES string of the molecule is CC(=O)c1ccc(OCC(O)Cn2nc3c4c(cccc42)C(=O)c2ccccc2-3)cc1. The number of ketones is 2. The predicted octanol–water partition coefficient (Wildman–Crippen LogP) is 3.89. The number of hydrogen-bond donors (Lipinski definition) is 1. The van der Waals surface area contributed by atoms with Crippen molar-refractivity contribution in [1.82, 2.24) is 9.78 Å². The van der Waals surface area contributed by atoms with Crippen molar-refractivity contribution in [3.8, 4) is 17.0 Å². The van der Waals surface area contributed by atoms with Crippen LogP contribution < -0.4 is 4.74 Å². The third-order valence-corrected chi connectivity index (χ3v) is 5.54. The van der Waals surface area contributed by atoms with Gasteiger partial charge in [0.05, 0.1) is 12.1 Å². The van der Waals surface area contributed by atoms with Gasteiger partial charge in [-0.15, -0.1) is 0 Å². The molecular weight excluding hydrogens is 392 g/mol. The van der Waals surface area contributed by atoms with E-state index in [0.717, 1.165) is 22.2 Å². The summed E-state index contributed by atoms with van der Waals surface area (Å²) in [6.07, 6.45) is -0.807. The molecule has 3 aromatic carbocycles. The Kier molecular flexibility index (Phi) is 4.64. The van der Waals surface area contributed by atoms with E-state index in [1.165, 1.54) is 6.92 Å². The summed E-state index contributed by atoms with van der Waals surface area (Å²) < 4.78 is 7.41. The molecule has 1 N–H and O–H groups in total. The normalized spacial score (nSPS) is 13.2. The molecule has 1 atom stereocenters. The van der Waals surface area contributed by atoms with Gasteiger partial charge in [-0.3, -0.25) is 14.3 Å². The zero-order valence-electron chi connectivity index (χ0n) is 16.9. The van der Waals surface area contributed by atoms with E-state index < -0.39 is 6.10 Å². The highest BCUT2D eigenvalue weighted by atomic mass is 16.5. The lowest BCUT2D eigenvalue weighted by Crippen LogP contribution is -2.24. The molecule has 5 rings (SSSR count). The molecule has 1 aromatic heterocycles. The second kappa shape index (κ2) is 7.49. The molecular formula is C25H20N2O4. The number of hydrogen-bond acceptors (Lipinski definition) is 5. The van der Waals surface area contributed by atoms with Crippen molar-refractivity contribution in [1.29, 1.82) is 0 Å². The van der Waals surface area contributed by atoms with Gasteiger partial charge in [-0.25, -0.2) is 0 Å². The van der Waals surface area contributed by atoms with Gasteiger partial charge in [-0.05, 0) is 37.3 Å². The van der Waals surface area contributed by atoms with Crippen LogP contribution in [0.4, 0.5) is 0 Å². The van der Waals surface area contributed by atoms with E-state index in [9.17, 15) is 14.7 Å². The van der Waals surface area contributed by atoms with Crippen molar-refractivity contribution < 1.29 is 19.4 Å². The molecule has 0 radical (unpaired) electrons. The Balaban J connectivity index is 1.40. The first-order valence-electron chi connectivity index (χ1n) is 10.1. The van der Waals surface area contributed by atoms with Crippen LogP contribution in [0.2, 0.25) is 0 Å². The fourth-order valence-corrected chi connectivity index (χ4v) is 4.01. The number of ether oxygens (including phenoxy) is 1. The molecule has 0 saturated carbocycles. The van der Waals surface area contributed by atoms with Gasteiger partial charge < -0.3 is 9.84 Å². The smallest absolute Gasteiger partial charge is 0.194 e. The summed E-state index contributed by atoms with van der Waals surface area (Å²) in [4.78, 5) is 24.3. The van der Waals surface area contributed by atoms with E-state index in [2.05, 4.69) is 0 Å². The second-order valence-electron chi connectivity index (χ2n) is 7.65. The van der Waals surface area contributed by atoms with Crippen LogP contribution in [0, 0.1) is 0 Å². The highest BCUT2D eigenvalue weighted by molar-refractivity contribution is 6.25. The van der Waals surface area contributed by atoms with Gasteiger partial charge in [0.25, 0.3) is 0 Å². The van der Waals surface area contributed by atoms with Gasteiger partial charge in [0.2, 0.25) is 0 Å². The number of fused-ring (bicyclic) bond motifs is 2. The molecule has 4 aromatic rings. The number of nitrogens with zero attached hydrogens (tertiary/aromatic N) is 2. The van der Waals surface area contributed by atoms with E-state index in [-0.39, 0.29) is 24.7 Å². The van der Waals surface area contributed by atoms with Crippen molar-refractivity contribution in [3.63, 3.8) is 0 Å². The number of benzene rings is 3. The minimum Gasteiger partial charge on any atom is -0.491 e.